The first kappa shape index (κ1) is 23.0. The van der Waals surface area contributed by atoms with Gasteiger partial charge in [0.15, 0.2) is 0 Å². The van der Waals surface area contributed by atoms with Gasteiger partial charge in [-0.2, -0.15) is 0 Å². The van der Waals surface area contributed by atoms with Crippen LogP contribution in [-0.4, -0.2) is 70.4 Å². The summed E-state index contributed by atoms with van der Waals surface area (Å²) >= 11 is 0. The van der Waals surface area contributed by atoms with Crippen LogP contribution in [0.4, 0.5) is 0 Å². The molecule has 3 aliphatic rings. The molecule has 4 rings (SSSR count). The Hall–Kier alpha value is -2.71. The van der Waals surface area contributed by atoms with E-state index in [-0.39, 0.29) is 24.2 Å². The zero-order valence-corrected chi connectivity index (χ0v) is 18.0. The fourth-order valence-electron chi connectivity index (χ4n) is 5.47. The van der Waals surface area contributed by atoms with E-state index in [0.717, 1.165) is 30.3 Å². The summed E-state index contributed by atoms with van der Waals surface area (Å²) in [5, 5.41) is 26.1. The number of hydrogen-bond acceptors (Lipinski definition) is 4. The summed E-state index contributed by atoms with van der Waals surface area (Å²) in [5.41, 5.74) is 8.61. The normalized spacial score (nSPS) is 29.6. The minimum Gasteiger partial charge on any atom is -0.481 e. The molecule has 0 radical (unpaired) electrons. The lowest BCUT2D eigenvalue weighted by Crippen LogP contribution is -2.67. The highest BCUT2D eigenvalue weighted by molar-refractivity contribution is 5.93. The molecule has 1 saturated heterocycles. The highest BCUT2D eigenvalue weighted by Crippen LogP contribution is 2.55. The van der Waals surface area contributed by atoms with Crippen molar-refractivity contribution in [2.75, 3.05) is 20.6 Å². The van der Waals surface area contributed by atoms with Gasteiger partial charge in [0.25, 0.3) is 0 Å². The fourth-order valence-corrected chi connectivity index (χ4v) is 5.47. The molecule has 1 amide bonds. The zero-order chi connectivity index (χ0) is 23.0. The second-order valence-electron chi connectivity index (χ2n) is 9.39. The molecule has 5 N–H and O–H groups in total. The average molecular weight is 432 g/mol. The number of carbonyl (C=O) groups is 3. The van der Waals surface area contributed by atoms with E-state index in [4.69, 9.17) is 15.9 Å². The summed E-state index contributed by atoms with van der Waals surface area (Å²) in [6.07, 6.45) is 6.02. The lowest BCUT2D eigenvalue weighted by molar-refractivity contribution is -0.926. The number of amides is 1. The van der Waals surface area contributed by atoms with E-state index in [1.54, 1.807) is 0 Å². The van der Waals surface area contributed by atoms with Crippen LogP contribution in [0.5, 0.6) is 0 Å². The summed E-state index contributed by atoms with van der Waals surface area (Å²) < 4.78 is 1.02. The number of aliphatic hydroxyl groups excluding tert-OH is 1. The standard InChI is InChI=1S/C19H24N2O2.C4H6O4/c1-21(2)8-7-19-11-14(22)5-6-15(19)17(21)10-12-3-4-13(18(20)23)9-16(12)19;5-3(6)1-2-4(7)8/h3-6,9,14-15,17,22H,7-8,10-11H2,1-2H3,(H-,20,23);1-2H2,(H,5,6)(H,7,8)/p+1/t14?,15?,17-,19+;/m1./s1. The van der Waals surface area contributed by atoms with Crippen molar-refractivity contribution in [3.8, 4) is 0 Å². The van der Waals surface area contributed by atoms with Gasteiger partial charge in [0.05, 0.1) is 45.6 Å². The molecule has 8 heteroatoms. The smallest absolute Gasteiger partial charge is 0.303 e. The van der Waals surface area contributed by atoms with Crippen molar-refractivity contribution in [1.29, 1.82) is 0 Å². The molecule has 1 aromatic carbocycles. The lowest BCUT2D eigenvalue weighted by Gasteiger charge is -2.59. The van der Waals surface area contributed by atoms with E-state index in [0.29, 0.717) is 17.5 Å². The van der Waals surface area contributed by atoms with Gasteiger partial charge in [0.1, 0.15) is 0 Å². The second kappa shape index (κ2) is 8.43. The van der Waals surface area contributed by atoms with E-state index < -0.39 is 18.0 Å². The largest absolute Gasteiger partial charge is 0.481 e. The molecular weight excluding hydrogens is 400 g/mol. The summed E-state index contributed by atoms with van der Waals surface area (Å²) in [6.45, 7) is 1.10. The maximum absolute atomic E-state index is 11.6. The Morgan fingerprint density at radius 3 is 2.35 bits per heavy atom. The number of likely N-dealkylation sites (tertiary alicyclic amines) is 1. The maximum Gasteiger partial charge on any atom is 0.303 e. The molecule has 8 nitrogen and oxygen atoms in total. The number of aliphatic carboxylic acids is 2. The van der Waals surface area contributed by atoms with Gasteiger partial charge in [-0.1, -0.05) is 18.2 Å². The van der Waals surface area contributed by atoms with Gasteiger partial charge < -0.3 is 25.5 Å². The number of likely N-dealkylation sites (N-methyl/N-ethyl adjacent to an activating group) is 1. The Kier molecular flexibility index (Phi) is 6.25. The van der Waals surface area contributed by atoms with Crippen molar-refractivity contribution in [3.63, 3.8) is 0 Å². The Morgan fingerprint density at radius 2 is 1.77 bits per heavy atom. The Morgan fingerprint density at radius 1 is 1.13 bits per heavy atom. The highest BCUT2D eigenvalue weighted by Gasteiger charge is 2.58. The predicted octanol–water partition coefficient (Wildman–Crippen LogP) is 1.30. The molecule has 2 aliphatic carbocycles. The molecule has 4 atom stereocenters. The van der Waals surface area contributed by atoms with Crippen molar-refractivity contribution in [2.24, 2.45) is 11.7 Å². The number of aliphatic hydroxyl groups is 1. The molecule has 1 heterocycles. The van der Waals surface area contributed by atoms with Crippen LogP contribution in [0.25, 0.3) is 0 Å². The van der Waals surface area contributed by atoms with Gasteiger partial charge in [-0.05, 0) is 29.7 Å². The van der Waals surface area contributed by atoms with Gasteiger partial charge in [-0.3, -0.25) is 14.4 Å². The molecule has 0 spiro atoms. The summed E-state index contributed by atoms with van der Waals surface area (Å²) in [6, 6.07) is 6.46. The second-order valence-corrected chi connectivity index (χ2v) is 9.39. The van der Waals surface area contributed by atoms with Gasteiger partial charge in [0.2, 0.25) is 5.91 Å². The van der Waals surface area contributed by atoms with E-state index in [2.05, 4.69) is 26.2 Å². The lowest BCUT2D eigenvalue weighted by atomic mass is 9.53. The van der Waals surface area contributed by atoms with Gasteiger partial charge >= 0.3 is 11.9 Å². The number of carbonyl (C=O) groups excluding carboxylic acids is 1. The first-order chi connectivity index (χ1) is 14.5. The molecule has 0 aromatic heterocycles. The van der Waals surface area contributed by atoms with Crippen LogP contribution >= 0.6 is 0 Å². The molecule has 2 unspecified atom stereocenters. The van der Waals surface area contributed by atoms with Crippen LogP contribution in [0.1, 0.15) is 47.2 Å². The van der Waals surface area contributed by atoms with Crippen molar-refractivity contribution in [1.82, 2.24) is 0 Å². The molecule has 1 aliphatic heterocycles. The first-order valence-electron chi connectivity index (χ1n) is 10.5. The number of nitrogens with zero attached hydrogens (tertiary/aromatic N) is 1. The van der Waals surface area contributed by atoms with Crippen molar-refractivity contribution in [2.45, 2.75) is 49.7 Å². The summed E-state index contributed by atoms with van der Waals surface area (Å²) in [5.74, 6) is -2.10. The predicted molar refractivity (Wildman–Crippen MR) is 113 cm³/mol. The number of quaternary nitrogens is 1. The van der Waals surface area contributed by atoms with Gasteiger partial charge in [-0.25, -0.2) is 0 Å². The van der Waals surface area contributed by atoms with Gasteiger partial charge in [-0.15, -0.1) is 0 Å². The summed E-state index contributed by atoms with van der Waals surface area (Å²) in [4.78, 5) is 30.9. The molecule has 31 heavy (non-hydrogen) atoms. The van der Waals surface area contributed by atoms with E-state index >= 15 is 0 Å². The van der Waals surface area contributed by atoms with Crippen molar-refractivity contribution < 1.29 is 34.2 Å². The number of primary amides is 1. The number of nitrogens with two attached hydrogens (primary N) is 1. The summed E-state index contributed by atoms with van der Waals surface area (Å²) in [7, 11) is 4.63. The average Bonchev–Trinajstić information content (AvgIpc) is 2.69. The number of benzene rings is 1. The quantitative estimate of drug-likeness (QED) is 0.419. The number of carboxylic acids is 2. The molecule has 1 aromatic rings. The highest BCUT2D eigenvalue weighted by atomic mass is 16.4. The van der Waals surface area contributed by atoms with E-state index in [1.807, 2.05) is 18.2 Å². The Balaban J connectivity index is 0.000000293. The van der Waals surface area contributed by atoms with E-state index in [9.17, 15) is 19.5 Å². The number of fused-ring (bicyclic) bond motifs is 1. The van der Waals surface area contributed by atoms with Crippen molar-refractivity contribution >= 4 is 17.8 Å². The zero-order valence-electron chi connectivity index (χ0n) is 18.0. The molecule has 0 saturated carbocycles. The minimum absolute atomic E-state index is 0.0500. The van der Waals surface area contributed by atoms with Crippen LogP contribution in [0.15, 0.2) is 30.4 Å². The Labute approximate surface area is 181 Å². The van der Waals surface area contributed by atoms with Crippen LogP contribution in [0.2, 0.25) is 0 Å². The minimum atomic E-state index is -1.08. The number of hydrogen-bond donors (Lipinski definition) is 4. The van der Waals surface area contributed by atoms with Crippen molar-refractivity contribution in [3.05, 3.63) is 47.0 Å². The molecular formula is C23H31N2O6+. The molecule has 2 bridgehead atoms. The fraction of sp³-hybridized carbons (Fsp3) is 0.522. The topological polar surface area (TPSA) is 138 Å². The Bertz CT molecular complexity index is 911. The van der Waals surface area contributed by atoms with Crippen LogP contribution in [-0.2, 0) is 21.4 Å². The molecule has 1 fully saturated rings. The third-order valence-electron chi connectivity index (χ3n) is 7.11. The third-order valence-corrected chi connectivity index (χ3v) is 7.11. The van der Waals surface area contributed by atoms with E-state index in [1.165, 1.54) is 11.1 Å². The maximum atomic E-state index is 11.6. The van der Waals surface area contributed by atoms with Crippen LogP contribution < -0.4 is 5.73 Å². The monoisotopic (exact) mass is 431 g/mol. The SMILES string of the molecule is C[N+]1(C)CC[C@]23CC(O)C=CC2[C@H]1Cc1ccc(C(N)=O)cc13.O=C(O)CCC(=O)O. The van der Waals surface area contributed by atoms with Crippen LogP contribution in [0.3, 0.4) is 0 Å². The number of piperidine rings is 1. The number of carboxylic acid groups (broad SMARTS) is 2. The molecule has 168 valence electrons. The number of rotatable bonds is 4. The first-order valence-corrected chi connectivity index (χ1v) is 10.5. The third kappa shape index (κ3) is 4.50. The van der Waals surface area contributed by atoms with Crippen LogP contribution in [0, 0.1) is 5.92 Å². The van der Waals surface area contributed by atoms with Gasteiger partial charge in [0, 0.05) is 29.7 Å².